The molecule has 1 nitrogen and oxygen atoms in total. The van der Waals surface area contributed by atoms with Crippen LogP contribution in [0.3, 0.4) is 0 Å². The van der Waals surface area contributed by atoms with Crippen LogP contribution in [0, 0.1) is 11.8 Å². The topological polar surface area (TPSA) is 3.24 Å². The highest BCUT2D eigenvalue weighted by Crippen LogP contribution is 2.56. The summed E-state index contributed by atoms with van der Waals surface area (Å²) >= 11 is 0. The average Bonchev–Trinajstić information content (AvgIpc) is 3.94. The maximum Gasteiger partial charge on any atom is 0.0540 e. The number of hydrogen-bond acceptors (Lipinski definition) is 1. The van der Waals surface area contributed by atoms with Gasteiger partial charge in [0.2, 0.25) is 0 Å². The van der Waals surface area contributed by atoms with Gasteiger partial charge in [0.25, 0.3) is 0 Å². The standard InChI is InChI=1S/C54H51N/c1-54(2)51-33-40(44-18-10-14-38-13-6-7-15-43(38)44)23-27-47(51)48-28-26-42(34-52(48)54)55(41-24-21-37(22-25-41)36-11-4-3-5-12-36)53-30-29-46(45-16-8-9-17-49(45)53)50-32-35-19-20-39(50)31-35/h6-10,13-18,21-30,33-36,39,50H,3-5,11-12,19-20,31-32H2,1-2H3. The van der Waals surface area contributed by atoms with Gasteiger partial charge in [-0.3, -0.25) is 0 Å². The molecule has 4 aliphatic carbocycles. The van der Waals surface area contributed by atoms with Gasteiger partial charge in [0.1, 0.15) is 0 Å². The van der Waals surface area contributed by atoms with Crippen molar-refractivity contribution >= 4 is 38.6 Å². The molecular formula is C54H51N. The third-order valence-corrected chi connectivity index (χ3v) is 14.6. The van der Waals surface area contributed by atoms with Gasteiger partial charge in [0.15, 0.2) is 0 Å². The van der Waals surface area contributed by atoms with Crippen LogP contribution in [-0.4, -0.2) is 0 Å². The second kappa shape index (κ2) is 13.0. The molecule has 0 heterocycles. The normalized spacial score (nSPS) is 21.2. The lowest BCUT2D eigenvalue weighted by atomic mass is 9.81. The second-order valence-electron chi connectivity index (χ2n) is 17.9. The molecule has 3 fully saturated rings. The molecule has 0 N–H and O–H groups in total. The van der Waals surface area contributed by atoms with Crippen LogP contribution in [0.5, 0.6) is 0 Å². The van der Waals surface area contributed by atoms with Gasteiger partial charge in [-0.05, 0) is 153 Å². The zero-order chi connectivity index (χ0) is 36.7. The fourth-order valence-corrected chi connectivity index (χ4v) is 11.7. The van der Waals surface area contributed by atoms with E-state index in [0.717, 1.165) is 11.8 Å². The Hall–Kier alpha value is -5.14. The van der Waals surface area contributed by atoms with Gasteiger partial charge < -0.3 is 4.90 Å². The Morgan fingerprint density at radius 3 is 2.02 bits per heavy atom. The van der Waals surface area contributed by atoms with E-state index in [0.29, 0.717) is 11.8 Å². The third kappa shape index (κ3) is 5.41. The van der Waals surface area contributed by atoms with E-state index in [2.05, 4.69) is 158 Å². The van der Waals surface area contributed by atoms with Crippen molar-refractivity contribution in [3.63, 3.8) is 0 Å². The van der Waals surface area contributed by atoms with Gasteiger partial charge in [0, 0.05) is 22.2 Å². The SMILES string of the molecule is CC1(C)c2cc(-c3cccc4ccccc34)ccc2-c2ccc(N(c3ccc(C4CCCCC4)cc3)c3ccc(C4CC5CCC4C5)c4ccccc34)cc21. The first-order valence-electron chi connectivity index (χ1n) is 21.2. The van der Waals surface area contributed by atoms with Crippen LogP contribution in [0.2, 0.25) is 0 Å². The molecule has 0 radical (unpaired) electrons. The van der Waals surface area contributed by atoms with Crippen molar-refractivity contribution < 1.29 is 0 Å². The van der Waals surface area contributed by atoms with Crippen LogP contribution in [0.1, 0.15) is 106 Å². The second-order valence-corrected chi connectivity index (χ2v) is 17.9. The van der Waals surface area contributed by atoms with Crippen LogP contribution in [0.25, 0.3) is 43.8 Å². The predicted octanol–water partition coefficient (Wildman–Crippen LogP) is 15.4. The molecule has 2 bridgehead atoms. The van der Waals surface area contributed by atoms with Crippen LogP contribution in [0.4, 0.5) is 17.1 Å². The summed E-state index contributed by atoms with van der Waals surface area (Å²) in [7, 11) is 0. The van der Waals surface area contributed by atoms with Gasteiger partial charge in [0.05, 0.1) is 5.69 Å². The first-order chi connectivity index (χ1) is 27.0. The summed E-state index contributed by atoms with van der Waals surface area (Å²) in [6.45, 7) is 4.86. The zero-order valence-corrected chi connectivity index (χ0v) is 32.4. The van der Waals surface area contributed by atoms with Crippen LogP contribution >= 0.6 is 0 Å². The Balaban J connectivity index is 1.04. The Morgan fingerprint density at radius 1 is 0.527 bits per heavy atom. The Morgan fingerprint density at radius 2 is 1.24 bits per heavy atom. The van der Waals surface area contributed by atoms with Crippen LogP contribution in [0.15, 0.2) is 140 Å². The molecule has 0 saturated heterocycles. The number of rotatable bonds is 6. The molecule has 11 rings (SSSR count). The van der Waals surface area contributed by atoms with Crippen molar-refractivity contribution in [3.05, 3.63) is 162 Å². The molecule has 0 aliphatic heterocycles. The summed E-state index contributed by atoms with van der Waals surface area (Å²) in [6, 6.07) is 53.9. The fourth-order valence-electron chi connectivity index (χ4n) is 11.7. The summed E-state index contributed by atoms with van der Waals surface area (Å²) in [5.41, 5.74) is 14.8. The molecule has 7 aromatic rings. The Kier molecular flexibility index (Phi) is 7.84. The van der Waals surface area contributed by atoms with Gasteiger partial charge in [-0.1, -0.05) is 143 Å². The van der Waals surface area contributed by atoms with Crippen molar-refractivity contribution in [2.24, 2.45) is 11.8 Å². The highest BCUT2D eigenvalue weighted by Gasteiger charge is 2.41. The van der Waals surface area contributed by atoms with E-state index in [-0.39, 0.29) is 5.41 Å². The molecule has 3 unspecified atom stereocenters. The average molecular weight is 714 g/mol. The summed E-state index contributed by atoms with van der Waals surface area (Å²) in [5.74, 6) is 3.16. The zero-order valence-electron chi connectivity index (χ0n) is 32.4. The number of fused-ring (bicyclic) bond motifs is 7. The number of benzene rings is 7. The first-order valence-corrected chi connectivity index (χ1v) is 21.2. The summed E-state index contributed by atoms with van der Waals surface area (Å²) in [5, 5.41) is 5.40. The smallest absolute Gasteiger partial charge is 0.0540 e. The Bertz CT molecular complexity index is 2580. The van der Waals surface area contributed by atoms with E-state index < -0.39 is 0 Å². The van der Waals surface area contributed by atoms with E-state index in [1.54, 1.807) is 5.56 Å². The van der Waals surface area contributed by atoms with Crippen molar-refractivity contribution in [2.75, 3.05) is 4.90 Å². The van der Waals surface area contributed by atoms with E-state index in [4.69, 9.17) is 0 Å². The van der Waals surface area contributed by atoms with E-state index >= 15 is 0 Å². The molecule has 4 aliphatic rings. The largest absolute Gasteiger partial charge is 0.310 e. The predicted molar refractivity (Wildman–Crippen MR) is 233 cm³/mol. The van der Waals surface area contributed by atoms with Crippen molar-refractivity contribution in [1.82, 2.24) is 0 Å². The molecule has 0 spiro atoms. The van der Waals surface area contributed by atoms with Crippen molar-refractivity contribution in [3.8, 4) is 22.3 Å². The first kappa shape index (κ1) is 33.2. The lowest BCUT2D eigenvalue weighted by Gasteiger charge is -2.31. The van der Waals surface area contributed by atoms with E-state index in [1.165, 1.54) is 135 Å². The molecule has 55 heavy (non-hydrogen) atoms. The minimum Gasteiger partial charge on any atom is -0.310 e. The fraction of sp³-hybridized carbons (Fsp3) is 0.296. The summed E-state index contributed by atoms with van der Waals surface area (Å²) in [4.78, 5) is 2.57. The highest BCUT2D eigenvalue weighted by molar-refractivity contribution is 6.02. The van der Waals surface area contributed by atoms with Gasteiger partial charge in [-0.15, -0.1) is 0 Å². The van der Waals surface area contributed by atoms with Gasteiger partial charge in [-0.25, -0.2) is 0 Å². The molecule has 1 heteroatoms. The maximum absolute atomic E-state index is 2.57. The highest BCUT2D eigenvalue weighted by atomic mass is 15.1. The van der Waals surface area contributed by atoms with Crippen molar-refractivity contribution in [1.29, 1.82) is 0 Å². The molecular weight excluding hydrogens is 663 g/mol. The molecule has 3 atom stereocenters. The molecule has 272 valence electrons. The van der Waals surface area contributed by atoms with Gasteiger partial charge >= 0.3 is 0 Å². The summed E-state index contributed by atoms with van der Waals surface area (Å²) < 4.78 is 0. The molecule has 7 aromatic carbocycles. The number of hydrogen-bond donors (Lipinski definition) is 0. The monoisotopic (exact) mass is 713 g/mol. The quantitative estimate of drug-likeness (QED) is 0.166. The molecule has 3 saturated carbocycles. The van der Waals surface area contributed by atoms with Crippen LogP contribution < -0.4 is 4.90 Å². The maximum atomic E-state index is 2.57. The number of nitrogens with zero attached hydrogens (tertiary/aromatic N) is 1. The lowest BCUT2D eigenvalue weighted by Crippen LogP contribution is -2.17. The summed E-state index contributed by atoms with van der Waals surface area (Å²) in [6.07, 6.45) is 12.4. The minimum absolute atomic E-state index is 0.147. The third-order valence-electron chi connectivity index (χ3n) is 14.6. The number of anilines is 3. The van der Waals surface area contributed by atoms with Gasteiger partial charge in [-0.2, -0.15) is 0 Å². The molecule has 0 aromatic heterocycles. The Labute approximate surface area is 327 Å². The van der Waals surface area contributed by atoms with E-state index in [9.17, 15) is 0 Å². The van der Waals surface area contributed by atoms with Crippen molar-refractivity contribution in [2.45, 2.75) is 88.9 Å². The molecule has 0 amide bonds. The van der Waals surface area contributed by atoms with Crippen LogP contribution in [-0.2, 0) is 5.41 Å². The lowest BCUT2D eigenvalue weighted by molar-refractivity contribution is 0.422. The minimum atomic E-state index is -0.147. The van der Waals surface area contributed by atoms with E-state index in [1.807, 2.05) is 0 Å².